The third-order valence-corrected chi connectivity index (χ3v) is 3.02. The van der Waals surface area contributed by atoms with Gasteiger partial charge >= 0.3 is 0 Å². The molecule has 0 spiro atoms. The summed E-state index contributed by atoms with van der Waals surface area (Å²) >= 11 is 0. The number of nitrogen functional groups attached to an aromatic ring is 1. The Hall–Kier alpha value is -2.49. The highest BCUT2D eigenvalue weighted by Crippen LogP contribution is 2.25. The maximum Gasteiger partial charge on any atom is 0.0952 e. The first-order valence-corrected chi connectivity index (χ1v) is 6.14. The first-order chi connectivity index (χ1) is 9.22. The monoisotopic (exact) mass is 253 g/mol. The predicted molar refractivity (Wildman–Crippen MR) is 76.9 cm³/mol. The zero-order chi connectivity index (χ0) is 13.2. The molecule has 4 heteroatoms. The third kappa shape index (κ3) is 2.38. The minimum Gasteiger partial charge on any atom is -0.472 e. The van der Waals surface area contributed by atoms with Crippen LogP contribution in [0.1, 0.15) is 11.3 Å². The van der Waals surface area contributed by atoms with E-state index in [1.807, 2.05) is 37.3 Å². The number of nitrogens with one attached hydrogen (secondary N) is 1. The molecule has 0 aliphatic carbocycles. The number of furan rings is 1. The van der Waals surface area contributed by atoms with Crippen molar-refractivity contribution >= 4 is 22.3 Å². The van der Waals surface area contributed by atoms with Crippen LogP contribution in [-0.2, 0) is 6.54 Å². The molecule has 0 aliphatic rings. The molecule has 96 valence electrons. The standard InChI is InChI=1S/C15H15N3O/c1-10-6-15(17-8-11-4-5-19-9-11)13-7-12(16)2-3-14(13)18-10/h2-7,9H,8,16H2,1H3,(H,17,18). The molecule has 3 rings (SSSR count). The van der Waals surface area contributed by atoms with E-state index in [9.17, 15) is 0 Å². The number of benzene rings is 1. The normalized spacial score (nSPS) is 10.8. The van der Waals surface area contributed by atoms with E-state index in [1.165, 1.54) is 0 Å². The van der Waals surface area contributed by atoms with Crippen molar-refractivity contribution in [1.29, 1.82) is 0 Å². The molecule has 0 saturated heterocycles. The van der Waals surface area contributed by atoms with E-state index in [-0.39, 0.29) is 0 Å². The van der Waals surface area contributed by atoms with Gasteiger partial charge in [0.05, 0.1) is 18.0 Å². The third-order valence-electron chi connectivity index (χ3n) is 3.02. The summed E-state index contributed by atoms with van der Waals surface area (Å²) in [6.45, 7) is 2.70. The number of rotatable bonds is 3. The summed E-state index contributed by atoms with van der Waals surface area (Å²) in [5.41, 5.74) is 10.7. The van der Waals surface area contributed by atoms with Gasteiger partial charge in [-0.1, -0.05) is 0 Å². The molecule has 4 nitrogen and oxygen atoms in total. The first-order valence-electron chi connectivity index (χ1n) is 6.14. The van der Waals surface area contributed by atoms with Crippen molar-refractivity contribution < 1.29 is 4.42 Å². The van der Waals surface area contributed by atoms with Crippen LogP contribution in [0.3, 0.4) is 0 Å². The molecular weight excluding hydrogens is 238 g/mol. The zero-order valence-electron chi connectivity index (χ0n) is 10.7. The number of hydrogen-bond donors (Lipinski definition) is 2. The number of nitrogens with two attached hydrogens (primary N) is 1. The summed E-state index contributed by atoms with van der Waals surface area (Å²) in [6, 6.07) is 9.73. The summed E-state index contributed by atoms with van der Waals surface area (Å²) in [6.07, 6.45) is 3.41. The van der Waals surface area contributed by atoms with Crippen molar-refractivity contribution in [1.82, 2.24) is 4.98 Å². The van der Waals surface area contributed by atoms with Crippen LogP contribution < -0.4 is 11.1 Å². The number of anilines is 2. The van der Waals surface area contributed by atoms with Crippen molar-refractivity contribution in [3.05, 3.63) is 54.1 Å². The fraction of sp³-hybridized carbons (Fsp3) is 0.133. The second-order valence-electron chi connectivity index (χ2n) is 4.57. The molecule has 2 heterocycles. The number of hydrogen-bond acceptors (Lipinski definition) is 4. The maximum atomic E-state index is 5.85. The van der Waals surface area contributed by atoms with Gasteiger partial charge in [-0.05, 0) is 37.3 Å². The second-order valence-corrected chi connectivity index (χ2v) is 4.57. The van der Waals surface area contributed by atoms with E-state index in [4.69, 9.17) is 10.2 Å². The molecule has 0 amide bonds. The molecule has 0 unspecified atom stereocenters. The Morgan fingerprint density at radius 1 is 1.26 bits per heavy atom. The van der Waals surface area contributed by atoms with Gasteiger partial charge in [-0.15, -0.1) is 0 Å². The van der Waals surface area contributed by atoms with E-state index in [2.05, 4.69) is 10.3 Å². The molecular formula is C15H15N3O. The molecule has 1 aromatic carbocycles. The highest BCUT2D eigenvalue weighted by Gasteiger charge is 2.05. The summed E-state index contributed by atoms with van der Waals surface area (Å²) in [5.74, 6) is 0. The van der Waals surface area contributed by atoms with Crippen molar-refractivity contribution in [2.24, 2.45) is 0 Å². The van der Waals surface area contributed by atoms with Gasteiger partial charge in [-0.25, -0.2) is 0 Å². The molecule has 2 aromatic heterocycles. The molecule has 0 aliphatic heterocycles. The Labute approximate surface area is 111 Å². The van der Waals surface area contributed by atoms with Crippen molar-refractivity contribution in [2.45, 2.75) is 13.5 Å². The van der Waals surface area contributed by atoms with Gasteiger partial charge < -0.3 is 15.5 Å². The van der Waals surface area contributed by atoms with Gasteiger partial charge in [0, 0.05) is 34.6 Å². The summed E-state index contributed by atoms with van der Waals surface area (Å²) in [5, 5.41) is 4.44. The minimum absolute atomic E-state index is 0.712. The smallest absolute Gasteiger partial charge is 0.0952 e. The van der Waals surface area contributed by atoms with Crippen molar-refractivity contribution in [2.75, 3.05) is 11.1 Å². The van der Waals surface area contributed by atoms with Crippen molar-refractivity contribution in [3.8, 4) is 0 Å². The van der Waals surface area contributed by atoms with Gasteiger partial charge in [0.15, 0.2) is 0 Å². The van der Waals surface area contributed by atoms with Crippen LogP contribution in [0.15, 0.2) is 47.3 Å². The van der Waals surface area contributed by atoms with Gasteiger partial charge in [0.1, 0.15) is 0 Å². The Morgan fingerprint density at radius 2 is 2.16 bits per heavy atom. The molecule has 3 aromatic rings. The second kappa shape index (κ2) is 4.65. The fourth-order valence-electron chi connectivity index (χ4n) is 2.11. The lowest BCUT2D eigenvalue weighted by molar-refractivity contribution is 0.564. The Kier molecular flexibility index (Phi) is 2.83. The Balaban J connectivity index is 1.99. The molecule has 19 heavy (non-hydrogen) atoms. The molecule has 0 radical (unpaired) electrons. The zero-order valence-corrected chi connectivity index (χ0v) is 10.7. The van der Waals surface area contributed by atoms with Crippen LogP contribution in [0.4, 0.5) is 11.4 Å². The lowest BCUT2D eigenvalue weighted by atomic mass is 10.1. The average Bonchev–Trinajstić information content (AvgIpc) is 2.89. The quantitative estimate of drug-likeness (QED) is 0.703. The number of aryl methyl sites for hydroxylation is 1. The maximum absolute atomic E-state index is 5.85. The number of nitrogens with zero attached hydrogens (tertiary/aromatic N) is 1. The first kappa shape index (κ1) is 11.6. The van der Waals surface area contributed by atoms with E-state index >= 15 is 0 Å². The van der Waals surface area contributed by atoms with E-state index < -0.39 is 0 Å². The van der Waals surface area contributed by atoms with E-state index in [0.29, 0.717) is 6.54 Å². The van der Waals surface area contributed by atoms with Gasteiger partial charge in [0.25, 0.3) is 0 Å². The average molecular weight is 253 g/mol. The molecule has 0 fully saturated rings. The molecule has 0 bridgehead atoms. The minimum atomic E-state index is 0.712. The number of aromatic nitrogens is 1. The fourth-order valence-corrected chi connectivity index (χ4v) is 2.11. The Bertz CT molecular complexity index is 705. The number of fused-ring (bicyclic) bond motifs is 1. The van der Waals surface area contributed by atoms with Crippen LogP contribution in [0.5, 0.6) is 0 Å². The molecule has 3 N–H and O–H groups in total. The van der Waals surface area contributed by atoms with E-state index in [0.717, 1.165) is 33.5 Å². The lowest BCUT2D eigenvalue weighted by Gasteiger charge is -2.10. The highest BCUT2D eigenvalue weighted by molar-refractivity contribution is 5.93. The van der Waals surface area contributed by atoms with E-state index in [1.54, 1.807) is 12.5 Å². The van der Waals surface area contributed by atoms with Crippen LogP contribution in [-0.4, -0.2) is 4.98 Å². The largest absolute Gasteiger partial charge is 0.472 e. The van der Waals surface area contributed by atoms with Crippen LogP contribution in [0, 0.1) is 6.92 Å². The number of pyridine rings is 1. The van der Waals surface area contributed by atoms with Gasteiger partial charge in [-0.2, -0.15) is 0 Å². The van der Waals surface area contributed by atoms with Gasteiger partial charge in [0.2, 0.25) is 0 Å². The van der Waals surface area contributed by atoms with Crippen molar-refractivity contribution in [3.63, 3.8) is 0 Å². The van der Waals surface area contributed by atoms with Crippen LogP contribution in [0.2, 0.25) is 0 Å². The highest BCUT2D eigenvalue weighted by atomic mass is 16.3. The lowest BCUT2D eigenvalue weighted by Crippen LogP contribution is -2.00. The predicted octanol–water partition coefficient (Wildman–Crippen LogP) is 3.33. The van der Waals surface area contributed by atoms with Crippen LogP contribution >= 0.6 is 0 Å². The molecule has 0 atom stereocenters. The summed E-state index contributed by atoms with van der Waals surface area (Å²) in [7, 11) is 0. The topological polar surface area (TPSA) is 64.1 Å². The molecule has 0 saturated carbocycles. The van der Waals surface area contributed by atoms with Gasteiger partial charge in [-0.3, -0.25) is 4.98 Å². The Morgan fingerprint density at radius 3 is 2.95 bits per heavy atom. The summed E-state index contributed by atoms with van der Waals surface area (Å²) in [4.78, 5) is 4.51. The SMILES string of the molecule is Cc1cc(NCc2ccoc2)c2cc(N)ccc2n1. The van der Waals surface area contributed by atoms with Crippen LogP contribution in [0.25, 0.3) is 10.9 Å². The summed E-state index contributed by atoms with van der Waals surface area (Å²) < 4.78 is 5.06.